The van der Waals surface area contributed by atoms with Gasteiger partial charge in [-0.1, -0.05) is 38.1 Å². The SMILES string of the molecule is CC(=O)Oc1ccc(C[C@H](NC(=O)[C@@H]2CC=CC[C@H](N)C(=O)N[C@@H](CCCCN)C(=O)N[C@@H](CCCCN)C(=O)N2)C(=O)C[C@@H](CC(C)C)C(=O)O)cc1. The summed E-state index contributed by atoms with van der Waals surface area (Å²) in [7, 11) is 0. The molecule has 16 heteroatoms. The molecule has 1 aliphatic rings. The van der Waals surface area contributed by atoms with Crippen LogP contribution in [0.5, 0.6) is 5.75 Å². The number of esters is 1. The topological polar surface area (TPSA) is 275 Å². The number of ether oxygens (including phenoxy) is 1. The normalized spacial score (nSPS) is 20.8. The van der Waals surface area contributed by atoms with Crippen LogP contribution < -0.4 is 43.2 Å². The number of nitrogens with two attached hydrogens (primary N) is 3. The largest absolute Gasteiger partial charge is 0.481 e. The van der Waals surface area contributed by atoms with Gasteiger partial charge in [0.1, 0.15) is 23.9 Å². The molecule has 300 valence electrons. The van der Waals surface area contributed by atoms with E-state index in [2.05, 4.69) is 21.3 Å². The minimum atomic E-state index is -1.23. The second kappa shape index (κ2) is 23.9. The summed E-state index contributed by atoms with van der Waals surface area (Å²) in [6.45, 7) is 5.71. The number of carbonyl (C=O) groups is 7. The van der Waals surface area contributed by atoms with Crippen molar-refractivity contribution in [3.05, 3.63) is 42.0 Å². The van der Waals surface area contributed by atoms with Crippen molar-refractivity contribution in [1.29, 1.82) is 0 Å². The lowest BCUT2D eigenvalue weighted by Crippen LogP contribution is -2.58. The average molecular weight is 758 g/mol. The van der Waals surface area contributed by atoms with Crippen molar-refractivity contribution in [3.8, 4) is 5.75 Å². The molecule has 0 bridgehead atoms. The fraction of sp³-hybridized carbons (Fsp3) is 0.605. The van der Waals surface area contributed by atoms with E-state index in [0.717, 1.165) is 0 Å². The fourth-order valence-electron chi connectivity index (χ4n) is 6.00. The van der Waals surface area contributed by atoms with E-state index < -0.39 is 77.5 Å². The van der Waals surface area contributed by atoms with E-state index in [1.165, 1.54) is 19.1 Å². The molecule has 0 saturated carbocycles. The summed E-state index contributed by atoms with van der Waals surface area (Å²) in [5.74, 6) is -5.40. The molecule has 1 aromatic carbocycles. The van der Waals surface area contributed by atoms with Crippen LogP contribution in [0.4, 0.5) is 0 Å². The van der Waals surface area contributed by atoms with Crippen molar-refractivity contribution in [2.75, 3.05) is 13.1 Å². The van der Waals surface area contributed by atoms with Crippen molar-refractivity contribution in [3.63, 3.8) is 0 Å². The fourth-order valence-corrected chi connectivity index (χ4v) is 6.00. The zero-order chi connectivity index (χ0) is 40.2. The molecule has 0 saturated heterocycles. The zero-order valence-corrected chi connectivity index (χ0v) is 31.6. The van der Waals surface area contributed by atoms with Crippen molar-refractivity contribution in [2.45, 2.75) is 122 Å². The third-order valence-electron chi connectivity index (χ3n) is 8.94. The molecule has 6 atom stereocenters. The lowest BCUT2D eigenvalue weighted by atomic mass is 9.89. The quantitative estimate of drug-likeness (QED) is 0.0420. The van der Waals surface area contributed by atoms with E-state index in [4.69, 9.17) is 21.9 Å². The highest BCUT2D eigenvalue weighted by atomic mass is 16.5. The number of hydrogen-bond donors (Lipinski definition) is 8. The molecule has 4 amide bonds. The van der Waals surface area contributed by atoms with E-state index in [1.807, 2.05) is 13.8 Å². The summed E-state index contributed by atoms with van der Waals surface area (Å²) < 4.78 is 5.10. The van der Waals surface area contributed by atoms with Gasteiger partial charge >= 0.3 is 11.9 Å². The van der Waals surface area contributed by atoms with Gasteiger partial charge in [0.2, 0.25) is 23.6 Å². The summed E-state index contributed by atoms with van der Waals surface area (Å²) in [5.41, 5.74) is 18.0. The predicted molar refractivity (Wildman–Crippen MR) is 202 cm³/mol. The lowest BCUT2D eigenvalue weighted by Gasteiger charge is -2.27. The lowest BCUT2D eigenvalue weighted by molar-refractivity contribution is -0.144. The molecule has 1 aliphatic heterocycles. The molecule has 0 unspecified atom stereocenters. The first kappa shape index (κ1) is 45.5. The highest BCUT2D eigenvalue weighted by Gasteiger charge is 2.33. The van der Waals surface area contributed by atoms with Gasteiger partial charge in [-0.25, -0.2) is 0 Å². The Hall–Kier alpha value is -4.67. The van der Waals surface area contributed by atoms with Crippen LogP contribution in [0.3, 0.4) is 0 Å². The molecule has 0 radical (unpaired) electrons. The van der Waals surface area contributed by atoms with Gasteiger partial charge in [0.05, 0.1) is 18.0 Å². The minimum Gasteiger partial charge on any atom is -0.481 e. The zero-order valence-electron chi connectivity index (χ0n) is 31.6. The highest BCUT2D eigenvalue weighted by molar-refractivity contribution is 5.96. The van der Waals surface area contributed by atoms with Gasteiger partial charge in [-0.2, -0.15) is 0 Å². The first-order valence-electron chi connectivity index (χ1n) is 18.7. The van der Waals surface area contributed by atoms with Crippen LogP contribution in [0.15, 0.2) is 36.4 Å². The number of carbonyl (C=O) groups excluding carboxylic acids is 6. The summed E-state index contributed by atoms with van der Waals surface area (Å²) in [4.78, 5) is 91.5. The average Bonchev–Trinajstić information content (AvgIpc) is 3.11. The summed E-state index contributed by atoms with van der Waals surface area (Å²) >= 11 is 0. The summed E-state index contributed by atoms with van der Waals surface area (Å²) in [5, 5.41) is 20.8. The number of carboxylic acids is 1. The van der Waals surface area contributed by atoms with Gasteiger partial charge < -0.3 is 48.3 Å². The van der Waals surface area contributed by atoms with E-state index >= 15 is 0 Å². The van der Waals surface area contributed by atoms with Crippen LogP contribution in [0.1, 0.15) is 90.5 Å². The third kappa shape index (κ3) is 16.6. The number of rotatable bonds is 19. The van der Waals surface area contributed by atoms with E-state index in [1.54, 1.807) is 24.3 Å². The maximum absolute atomic E-state index is 14.0. The maximum Gasteiger partial charge on any atom is 0.308 e. The molecule has 0 aliphatic carbocycles. The van der Waals surface area contributed by atoms with E-state index in [9.17, 15) is 38.7 Å². The molecule has 11 N–H and O–H groups in total. The third-order valence-corrected chi connectivity index (χ3v) is 8.94. The van der Waals surface area contributed by atoms with Crippen molar-refractivity contribution in [1.82, 2.24) is 21.3 Å². The van der Waals surface area contributed by atoms with Gasteiger partial charge in [-0.15, -0.1) is 0 Å². The van der Waals surface area contributed by atoms with Crippen molar-refractivity contribution in [2.24, 2.45) is 29.0 Å². The monoisotopic (exact) mass is 757 g/mol. The van der Waals surface area contributed by atoms with Crippen molar-refractivity contribution >= 4 is 41.4 Å². The van der Waals surface area contributed by atoms with Crippen molar-refractivity contribution < 1.29 is 43.4 Å². The molecule has 1 heterocycles. The second-order valence-electron chi connectivity index (χ2n) is 14.1. The molecule has 1 aromatic rings. The minimum absolute atomic E-state index is 0.00816. The molecule has 2 rings (SSSR count). The number of nitrogens with one attached hydrogen (secondary N) is 4. The van der Waals surface area contributed by atoms with Crippen LogP contribution in [-0.2, 0) is 40.0 Å². The Morgan fingerprint density at radius 2 is 1.41 bits per heavy atom. The number of Topliss-reactive ketones (excluding diaryl/α,β-unsaturated/α-hetero) is 1. The first-order chi connectivity index (χ1) is 25.6. The Morgan fingerprint density at radius 3 is 1.94 bits per heavy atom. The van der Waals surface area contributed by atoms with Crippen LogP contribution >= 0.6 is 0 Å². The van der Waals surface area contributed by atoms with Gasteiger partial charge in [0, 0.05) is 13.3 Å². The number of ketones is 1. The molecule has 0 spiro atoms. The number of unbranched alkanes of at least 4 members (excludes halogenated alkanes) is 2. The number of carboxylic acid groups (broad SMARTS) is 1. The van der Waals surface area contributed by atoms with E-state index in [-0.39, 0.29) is 56.6 Å². The highest BCUT2D eigenvalue weighted by Crippen LogP contribution is 2.20. The van der Waals surface area contributed by atoms with Gasteiger partial charge in [0.25, 0.3) is 0 Å². The second-order valence-corrected chi connectivity index (χ2v) is 14.1. The molecular formula is C38H59N7O9. The Labute approximate surface area is 317 Å². The molecule has 16 nitrogen and oxygen atoms in total. The Kier molecular flexibility index (Phi) is 20.1. The van der Waals surface area contributed by atoms with Gasteiger partial charge in [-0.05, 0) is 101 Å². The van der Waals surface area contributed by atoms with E-state index in [0.29, 0.717) is 44.3 Å². The number of benzene rings is 1. The number of hydrogen-bond acceptors (Lipinski definition) is 11. The van der Waals surface area contributed by atoms with Gasteiger partial charge in [-0.3, -0.25) is 33.6 Å². The molecular weight excluding hydrogens is 698 g/mol. The Balaban J connectivity index is 2.46. The summed E-state index contributed by atoms with van der Waals surface area (Å²) in [6, 6.07) is 0.824. The first-order valence-corrected chi connectivity index (χ1v) is 18.7. The van der Waals surface area contributed by atoms with Gasteiger partial charge in [0.15, 0.2) is 5.78 Å². The van der Waals surface area contributed by atoms with Crippen LogP contribution in [0, 0.1) is 11.8 Å². The van der Waals surface area contributed by atoms with Crippen LogP contribution in [-0.4, -0.2) is 89.8 Å². The molecule has 54 heavy (non-hydrogen) atoms. The van der Waals surface area contributed by atoms with Crippen LogP contribution in [0.2, 0.25) is 0 Å². The predicted octanol–water partition coefficient (Wildman–Crippen LogP) is 0.735. The standard InChI is InChI=1S/C38H59N7O9/c1-23(2)20-26(38(52)53)22-33(47)32(21-25-14-16-27(17-15-25)54-24(3)46)45-37(51)30-11-5-4-10-28(41)34(48)42-29(12-6-8-18-39)35(49)44-31(36(50)43-30)13-7-9-19-40/h4-5,14-17,23,26,28-32H,6-13,18-22,39-41H2,1-3H3,(H,42,48)(H,43,50)(H,44,49)(H,45,51)(H,52,53)/t26-,28+,29+,30+,31+,32+/m1/s1. The molecule has 0 fully saturated rings. The Bertz CT molecular complexity index is 1450. The number of amides is 4. The Morgan fingerprint density at radius 1 is 0.852 bits per heavy atom. The number of aliphatic carboxylic acids is 1. The van der Waals surface area contributed by atoms with Crippen LogP contribution in [0.25, 0.3) is 0 Å². The molecule has 0 aromatic heterocycles. The smallest absolute Gasteiger partial charge is 0.308 e. The maximum atomic E-state index is 14.0. The summed E-state index contributed by atoms with van der Waals surface area (Å²) in [6.07, 6.45) is 5.75.